The Kier molecular flexibility index (Phi) is 2.85. The number of aryl methyl sites for hydroxylation is 1. The Bertz CT molecular complexity index is 270. The fraction of sp³-hybridized carbons (Fsp3) is 0.750. The molecule has 5 heteroatoms. The number of thioether (sulfide) groups is 1. The summed E-state index contributed by atoms with van der Waals surface area (Å²) in [6, 6.07) is 0. The van der Waals surface area contributed by atoms with Gasteiger partial charge < -0.3 is 9.30 Å². The highest BCUT2D eigenvalue weighted by Crippen LogP contribution is 2.21. The van der Waals surface area contributed by atoms with Gasteiger partial charge in [-0.1, -0.05) is 11.8 Å². The molecule has 1 aliphatic heterocycles. The van der Waals surface area contributed by atoms with Crippen LogP contribution in [-0.4, -0.2) is 33.2 Å². The van der Waals surface area contributed by atoms with E-state index in [1.165, 1.54) is 12.8 Å². The summed E-state index contributed by atoms with van der Waals surface area (Å²) in [5.74, 6) is 0.993. The van der Waals surface area contributed by atoms with Crippen LogP contribution in [0, 0.1) is 0 Å². The van der Waals surface area contributed by atoms with E-state index < -0.39 is 0 Å². The van der Waals surface area contributed by atoms with E-state index in [2.05, 4.69) is 10.2 Å². The zero-order chi connectivity index (χ0) is 9.10. The van der Waals surface area contributed by atoms with E-state index >= 15 is 0 Å². The minimum Gasteiger partial charge on any atom is -0.377 e. The van der Waals surface area contributed by atoms with Gasteiger partial charge >= 0.3 is 0 Å². The maximum absolute atomic E-state index is 5.51. The van der Waals surface area contributed by atoms with Gasteiger partial charge in [-0.3, -0.25) is 0 Å². The fourth-order valence-electron chi connectivity index (χ4n) is 1.35. The van der Waals surface area contributed by atoms with Crippen LogP contribution in [-0.2, 0) is 11.8 Å². The Morgan fingerprint density at radius 3 is 3.31 bits per heavy atom. The van der Waals surface area contributed by atoms with Crippen molar-refractivity contribution in [2.45, 2.75) is 24.1 Å². The van der Waals surface area contributed by atoms with Gasteiger partial charge in [0.05, 0.1) is 6.10 Å². The quantitative estimate of drug-likeness (QED) is 0.683. The molecule has 13 heavy (non-hydrogen) atoms. The van der Waals surface area contributed by atoms with E-state index in [9.17, 15) is 0 Å². The lowest BCUT2D eigenvalue weighted by molar-refractivity contribution is 0.129. The Labute approximate surface area is 81.7 Å². The SMILES string of the molecule is Cn1cnnc1SC[C@H]1CCCO1. The molecule has 1 atom stereocenters. The summed E-state index contributed by atoms with van der Waals surface area (Å²) in [5, 5.41) is 8.78. The minimum absolute atomic E-state index is 0.418. The molecule has 0 bridgehead atoms. The van der Waals surface area contributed by atoms with Crippen LogP contribution >= 0.6 is 11.8 Å². The summed E-state index contributed by atoms with van der Waals surface area (Å²) >= 11 is 1.72. The first-order valence-electron chi connectivity index (χ1n) is 4.44. The van der Waals surface area contributed by atoms with Gasteiger partial charge in [0.1, 0.15) is 6.33 Å². The zero-order valence-corrected chi connectivity index (χ0v) is 8.46. The highest BCUT2D eigenvalue weighted by molar-refractivity contribution is 7.99. The van der Waals surface area contributed by atoms with Crippen molar-refractivity contribution in [2.24, 2.45) is 7.05 Å². The molecule has 0 spiro atoms. The van der Waals surface area contributed by atoms with Crippen LogP contribution in [0.15, 0.2) is 11.5 Å². The van der Waals surface area contributed by atoms with Gasteiger partial charge in [0.25, 0.3) is 0 Å². The number of nitrogens with zero attached hydrogens (tertiary/aromatic N) is 3. The van der Waals surface area contributed by atoms with Crippen LogP contribution in [0.2, 0.25) is 0 Å². The lowest BCUT2D eigenvalue weighted by Gasteiger charge is -2.07. The first kappa shape index (κ1) is 9.02. The third-order valence-electron chi connectivity index (χ3n) is 2.09. The largest absolute Gasteiger partial charge is 0.377 e. The molecular weight excluding hydrogens is 186 g/mol. The van der Waals surface area contributed by atoms with Crippen molar-refractivity contribution in [3.8, 4) is 0 Å². The van der Waals surface area contributed by atoms with E-state index in [1.807, 2.05) is 11.6 Å². The van der Waals surface area contributed by atoms with Gasteiger partial charge in [-0.05, 0) is 12.8 Å². The zero-order valence-electron chi connectivity index (χ0n) is 7.64. The van der Waals surface area contributed by atoms with Crippen LogP contribution in [0.1, 0.15) is 12.8 Å². The monoisotopic (exact) mass is 199 g/mol. The van der Waals surface area contributed by atoms with E-state index in [0.717, 1.165) is 17.5 Å². The van der Waals surface area contributed by atoms with Crippen molar-refractivity contribution >= 4 is 11.8 Å². The number of hydrogen-bond acceptors (Lipinski definition) is 4. The van der Waals surface area contributed by atoms with Crippen molar-refractivity contribution in [1.29, 1.82) is 0 Å². The van der Waals surface area contributed by atoms with E-state index in [-0.39, 0.29) is 0 Å². The molecule has 0 aliphatic carbocycles. The number of aromatic nitrogens is 3. The summed E-state index contributed by atoms with van der Waals surface area (Å²) in [6.07, 6.45) is 4.52. The molecule has 0 amide bonds. The second-order valence-electron chi connectivity index (χ2n) is 3.17. The van der Waals surface area contributed by atoms with Gasteiger partial charge in [-0.2, -0.15) is 0 Å². The molecule has 1 aromatic rings. The van der Waals surface area contributed by atoms with Crippen molar-refractivity contribution < 1.29 is 4.74 Å². The first-order valence-corrected chi connectivity index (χ1v) is 5.43. The molecule has 2 heterocycles. The average Bonchev–Trinajstić information content (AvgIpc) is 2.72. The standard InChI is InChI=1S/C8H13N3OS/c1-11-6-9-10-8(11)13-5-7-3-2-4-12-7/h6-7H,2-5H2,1H3/t7-/m1/s1. The van der Waals surface area contributed by atoms with Gasteiger partial charge in [0.15, 0.2) is 5.16 Å². The predicted octanol–water partition coefficient (Wildman–Crippen LogP) is 1.09. The summed E-state index contributed by atoms with van der Waals surface area (Å²) < 4.78 is 7.44. The van der Waals surface area contributed by atoms with Gasteiger partial charge in [-0.15, -0.1) is 10.2 Å². The van der Waals surface area contributed by atoms with Crippen LogP contribution in [0.5, 0.6) is 0 Å². The maximum atomic E-state index is 5.51. The third-order valence-corrected chi connectivity index (χ3v) is 3.26. The highest BCUT2D eigenvalue weighted by Gasteiger charge is 2.16. The lowest BCUT2D eigenvalue weighted by atomic mass is 10.3. The van der Waals surface area contributed by atoms with Crippen LogP contribution in [0.25, 0.3) is 0 Å². The number of hydrogen-bond donors (Lipinski definition) is 0. The normalized spacial score (nSPS) is 22.4. The van der Waals surface area contributed by atoms with Gasteiger partial charge in [-0.25, -0.2) is 0 Å². The van der Waals surface area contributed by atoms with Crippen LogP contribution < -0.4 is 0 Å². The molecule has 0 N–H and O–H groups in total. The Morgan fingerprint density at radius 2 is 2.69 bits per heavy atom. The molecule has 0 saturated carbocycles. The maximum Gasteiger partial charge on any atom is 0.190 e. The van der Waals surface area contributed by atoms with Crippen molar-refractivity contribution in [2.75, 3.05) is 12.4 Å². The molecule has 2 rings (SSSR count). The summed E-state index contributed by atoms with van der Waals surface area (Å²) in [7, 11) is 1.96. The van der Waals surface area contributed by atoms with Crippen LogP contribution in [0.4, 0.5) is 0 Å². The van der Waals surface area contributed by atoms with E-state index in [1.54, 1.807) is 18.1 Å². The molecule has 1 saturated heterocycles. The summed E-state index contributed by atoms with van der Waals surface area (Å²) in [6.45, 7) is 0.921. The van der Waals surface area contributed by atoms with Crippen molar-refractivity contribution in [3.05, 3.63) is 6.33 Å². The lowest BCUT2D eigenvalue weighted by Crippen LogP contribution is -2.08. The Hall–Kier alpha value is -0.550. The number of rotatable bonds is 3. The van der Waals surface area contributed by atoms with Crippen molar-refractivity contribution in [1.82, 2.24) is 14.8 Å². The summed E-state index contributed by atoms with van der Waals surface area (Å²) in [5.41, 5.74) is 0. The Balaban J connectivity index is 1.82. The molecule has 4 nitrogen and oxygen atoms in total. The molecule has 0 unspecified atom stereocenters. The van der Waals surface area contributed by atoms with Gasteiger partial charge in [0.2, 0.25) is 0 Å². The third kappa shape index (κ3) is 2.22. The minimum atomic E-state index is 0.418. The molecular formula is C8H13N3OS. The molecule has 1 aliphatic rings. The molecule has 0 aromatic carbocycles. The van der Waals surface area contributed by atoms with E-state index in [0.29, 0.717) is 6.10 Å². The molecule has 1 aromatic heterocycles. The summed E-state index contributed by atoms with van der Waals surface area (Å²) in [4.78, 5) is 0. The average molecular weight is 199 g/mol. The number of ether oxygens (including phenoxy) is 1. The molecule has 0 radical (unpaired) electrons. The fourth-order valence-corrected chi connectivity index (χ4v) is 2.30. The second kappa shape index (κ2) is 4.11. The highest BCUT2D eigenvalue weighted by atomic mass is 32.2. The first-order chi connectivity index (χ1) is 6.36. The molecule has 1 fully saturated rings. The predicted molar refractivity (Wildman–Crippen MR) is 50.7 cm³/mol. The Morgan fingerprint density at radius 1 is 1.77 bits per heavy atom. The molecule has 72 valence electrons. The topological polar surface area (TPSA) is 39.9 Å². The van der Waals surface area contributed by atoms with Gasteiger partial charge in [0, 0.05) is 19.4 Å². The smallest absolute Gasteiger partial charge is 0.190 e. The van der Waals surface area contributed by atoms with Crippen molar-refractivity contribution in [3.63, 3.8) is 0 Å². The van der Waals surface area contributed by atoms with Crippen LogP contribution in [0.3, 0.4) is 0 Å². The van der Waals surface area contributed by atoms with E-state index in [4.69, 9.17) is 4.74 Å². The second-order valence-corrected chi connectivity index (χ2v) is 4.16.